The number of amides is 1. The van der Waals surface area contributed by atoms with E-state index in [0.717, 1.165) is 0 Å². The van der Waals surface area contributed by atoms with E-state index >= 15 is 0 Å². The fourth-order valence-electron chi connectivity index (χ4n) is 0.925. The number of carbonyl (C=O) groups excluding carboxylic acids is 2. The Kier molecular flexibility index (Phi) is 5.36. The van der Waals surface area contributed by atoms with Gasteiger partial charge in [-0.1, -0.05) is 6.92 Å². The molecule has 1 unspecified atom stereocenters. The normalized spacial score (nSPS) is 13.8. The number of carbonyl (C=O) groups is 3. The van der Waals surface area contributed by atoms with E-state index in [4.69, 9.17) is 5.11 Å². The third-order valence-corrected chi connectivity index (χ3v) is 1.84. The van der Waals surface area contributed by atoms with E-state index in [1.54, 1.807) is 0 Å². The molecular formula is C9H15NO5. The van der Waals surface area contributed by atoms with Crippen molar-refractivity contribution in [1.82, 2.24) is 5.32 Å². The maximum absolute atomic E-state index is 11.2. The molecule has 0 bridgehead atoms. The highest BCUT2D eigenvalue weighted by Crippen LogP contribution is 2.03. The molecule has 2 N–H and O–H groups in total. The second-order valence-corrected chi connectivity index (χ2v) is 3.26. The van der Waals surface area contributed by atoms with Gasteiger partial charge >= 0.3 is 11.9 Å². The molecule has 0 saturated carbocycles. The van der Waals surface area contributed by atoms with Crippen molar-refractivity contribution in [3.05, 3.63) is 0 Å². The molecular weight excluding hydrogens is 202 g/mol. The molecule has 0 aromatic heterocycles. The molecule has 0 aliphatic rings. The predicted molar refractivity (Wildman–Crippen MR) is 51.0 cm³/mol. The zero-order chi connectivity index (χ0) is 12.0. The van der Waals surface area contributed by atoms with Gasteiger partial charge in [0, 0.05) is 6.42 Å². The molecule has 0 aliphatic carbocycles. The number of rotatable bonds is 5. The average molecular weight is 217 g/mol. The lowest BCUT2D eigenvalue weighted by molar-refractivity contribution is -0.147. The second-order valence-electron chi connectivity index (χ2n) is 3.26. The molecule has 0 aromatic carbocycles. The highest BCUT2D eigenvalue weighted by molar-refractivity contribution is 5.86. The van der Waals surface area contributed by atoms with E-state index in [-0.39, 0.29) is 6.42 Å². The van der Waals surface area contributed by atoms with Crippen LogP contribution in [0.2, 0.25) is 0 Å². The van der Waals surface area contributed by atoms with Gasteiger partial charge in [0.2, 0.25) is 5.91 Å². The maximum Gasteiger partial charge on any atom is 0.325 e. The molecule has 1 amide bonds. The van der Waals surface area contributed by atoms with Gasteiger partial charge in [0.25, 0.3) is 0 Å². The molecule has 0 radical (unpaired) electrons. The summed E-state index contributed by atoms with van der Waals surface area (Å²) in [7, 11) is 1.23. The van der Waals surface area contributed by atoms with Crippen molar-refractivity contribution in [3.8, 4) is 0 Å². The number of hydrogen-bond acceptors (Lipinski definition) is 4. The van der Waals surface area contributed by atoms with Crippen LogP contribution < -0.4 is 5.32 Å². The Morgan fingerprint density at radius 3 is 2.27 bits per heavy atom. The third kappa shape index (κ3) is 4.99. The van der Waals surface area contributed by atoms with Gasteiger partial charge in [-0.2, -0.15) is 0 Å². The molecule has 0 spiro atoms. The van der Waals surface area contributed by atoms with Gasteiger partial charge in [0.1, 0.15) is 6.04 Å². The van der Waals surface area contributed by atoms with E-state index in [9.17, 15) is 14.4 Å². The number of ether oxygens (including phenoxy) is 1. The van der Waals surface area contributed by atoms with Gasteiger partial charge < -0.3 is 15.2 Å². The third-order valence-electron chi connectivity index (χ3n) is 1.84. The Balaban J connectivity index is 4.04. The molecule has 0 rings (SSSR count). The molecule has 0 aliphatic heterocycles. The van der Waals surface area contributed by atoms with Crippen LogP contribution in [0, 0.1) is 5.92 Å². The average Bonchev–Trinajstić information content (AvgIpc) is 2.15. The minimum absolute atomic E-state index is 0.0791. The highest BCUT2D eigenvalue weighted by atomic mass is 16.5. The van der Waals surface area contributed by atoms with Crippen LogP contribution in [-0.4, -0.2) is 36.1 Å². The van der Waals surface area contributed by atoms with E-state index in [1.165, 1.54) is 21.0 Å². The summed E-state index contributed by atoms with van der Waals surface area (Å²) in [5.41, 5.74) is 0. The van der Waals surface area contributed by atoms with Crippen molar-refractivity contribution in [2.45, 2.75) is 26.3 Å². The van der Waals surface area contributed by atoms with Gasteiger partial charge in [-0.05, 0) is 6.92 Å². The van der Waals surface area contributed by atoms with Gasteiger partial charge in [-0.15, -0.1) is 0 Å². The molecule has 2 atom stereocenters. The number of aliphatic carboxylic acids is 1. The number of hydrogen-bond donors (Lipinski definition) is 2. The van der Waals surface area contributed by atoms with Crippen LogP contribution in [-0.2, 0) is 19.1 Å². The maximum atomic E-state index is 11.2. The van der Waals surface area contributed by atoms with Gasteiger partial charge in [-0.25, -0.2) is 0 Å². The lowest BCUT2D eigenvalue weighted by Crippen LogP contribution is -2.39. The first-order chi connectivity index (χ1) is 6.88. The van der Waals surface area contributed by atoms with Crippen LogP contribution in [0.5, 0.6) is 0 Å². The van der Waals surface area contributed by atoms with E-state index in [2.05, 4.69) is 10.1 Å². The fraction of sp³-hybridized carbons (Fsp3) is 0.667. The van der Waals surface area contributed by atoms with Crippen molar-refractivity contribution in [2.24, 2.45) is 5.92 Å². The topological polar surface area (TPSA) is 92.7 Å². The monoisotopic (exact) mass is 217 g/mol. The SMILES string of the molecule is COC(=O)C(C)CC(=O)N[C@@H](C)C(=O)O. The minimum atomic E-state index is -1.12. The number of carboxylic acid groups (broad SMARTS) is 1. The van der Waals surface area contributed by atoms with Crippen LogP contribution >= 0.6 is 0 Å². The zero-order valence-corrected chi connectivity index (χ0v) is 8.94. The van der Waals surface area contributed by atoms with Crippen molar-refractivity contribution in [3.63, 3.8) is 0 Å². The van der Waals surface area contributed by atoms with E-state index in [0.29, 0.717) is 0 Å². The first kappa shape index (κ1) is 13.4. The second kappa shape index (κ2) is 6.00. The molecule has 6 heteroatoms. The molecule has 15 heavy (non-hydrogen) atoms. The number of methoxy groups -OCH3 is 1. The van der Waals surface area contributed by atoms with E-state index < -0.39 is 29.8 Å². The van der Waals surface area contributed by atoms with Crippen LogP contribution in [0.3, 0.4) is 0 Å². The van der Waals surface area contributed by atoms with Crippen LogP contribution in [0.1, 0.15) is 20.3 Å². The van der Waals surface area contributed by atoms with Gasteiger partial charge in [0.05, 0.1) is 13.0 Å². The summed E-state index contributed by atoms with van der Waals surface area (Å²) < 4.78 is 4.43. The first-order valence-electron chi connectivity index (χ1n) is 4.48. The Morgan fingerprint density at radius 2 is 1.87 bits per heavy atom. The van der Waals surface area contributed by atoms with Crippen molar-refractivity contribution in [2.75, 3.05) is 7.11 Å². The minimum Gasteiger partial charge on any atom is -0.480 e. The van der Waals surface area contributed by atoms with Gasteiger partial charge in [-0.3, -0.25) is 14.4 Å². The Labute approximate surface area is 87.6 Å². The highest BCUT2D eigenvalue weighted by Gasteiger charge is 2.20. The first-order valence-corrected chi connectivity index (χ1v) is 4.48. The summed E-state index contributed by atoms with van der Waals surface area (Å²) in [6, 6.07) is -0.956. The summed E-state index contributed by atoms with van der Waals surface area (Å²) >= 11 is 0. The molecule has 0 fully saturated rings. The Hall–Kier alpha value is -1.59. The van der Waals surface area contributed by atoms with Crippen molar-refractivity contribution >= 4 is 17.8 Å². The number of esters is 1. The Morgan fingerprint density at radius 1 is 1.33 bits per heavy atom. The van der Waals surface area contributed by atoms with Gasteiger partial charge in [0.15, 0.2) is 0 Å². The van der Waals surface area contributed by atoms with E-state index in [1.807, 2.05) is 0 Å². The molecule has 0 aromatic rings. The fourth-order valence-corrected chi connectivity index (χ4v) is 0.925. The predicted octanol–water partition coefficient (Wildman–Crippen LogP) is -0.225. The lowest BCUT2D eigenvalue weighted by Gasteiger charge is -2.11. The summed E-state index contributed by atoms with van der Waals surface area (Å²) in [5, 5.41) is 10.8. The van der Waals surface area contributed by atoms with Crippen molar-refractivity contribution in [1.29, 1.82) is 0 Å². The summed E-state index contributed by atoms with van der Waals surface area (Å²) in [6.07, 6.45) is -0.0791. The van der Waals surface area contributed by atoms with Crippen molar-refractivity contribution < 1.29 is 24.2 Å². The standard InChI is InChI=1S/C9H15NO5/c1-5(9(14)15-3)4-7(11)10-6(2)8(12)13/h5-6H,4H2,1-3H3,(H,10,11)(H,12,13)/t5?,6-/m0/s1. The summed E-state index contributed by atoms with van der Waals surface area (Å²) in [6.45, 7) is 2.89. The summed E-state index contributed by atoms with van der Waals surface area (Å²) in [5.74, 6) is -2.67. The number of nitrogens with one attached hydrogen (secondary N) is 1. The van der Waals surface area contributed by atoms with Crippen LogP contribution in [0.15, 0.2) is 0 Å². The quantitative estimate of drug-likeness (QED) is 0.621. The molecule has 6 nitrogen and oxygen atoms in total. The van der Waals surface area contributed by atoms with Crippen LogP contribution in [0.4, 0.5) is 0 Å². The Bertz CT molecular complexity index is 263. The molecule has 0 saturated heterocycles. The van der Waals surface area contributed by atoms with Crippen LogP contribution in [0.25, 0.3) is 0 Å². The largest absolute Gasteiger partial charge is 0.480 e. The zero-order valence-electron chi connectivity index (χ0n) is 8.94. The molecule has 0 heterocycles. The smallest absolute Gasteiger partial charge is 0.325 e. The summed E-state index contributed by atoms with van der Waals surface area (Å²) in [4.78, 5) is 32.6. The molecule has 86 valence electrons. The lowest BCUT2D eigenvalue weighted by atomic mass is 10.1. The number of carboxylic acids is 1.